The Morgan fingerprint density at radius 3 is 1.52 bits per heavy atom. The number of carbonyl (C=O) groups excluding carboxylic acids is 1. The maximum atomic E-state index is 12.7. The third kappa shape index (κ3) is 3.96. The van der Waals surface area contributed by atoms with Crippen molar-refractivity contribution in [2.24, 2.45) is 0 Å². The molecular formula is C25H18O2. The number of carbonyl (C=O) groups is 1. The van der Waals surface area contributed by atoms with Crippen molar-refractivity contribution in [3.63, 3.8) is 0 Å². The number of hydrogen-bond acceptors (Lipinski definition) is 2. The van der Waals surface area contributed by atoms with Crippen molar-refractivity contribution < 1.29 is 9.53 Å². The van der Waals surface area contributed by atoms with Crippen molar-refractivity contribution in [2.45, 2.75) is 0 Å². The van der Waals surface area contributed by atoms with Crippen LogP contribution >= 0.6 is 0 Å². The van der Waals surface area contributed by atoms with Crippen LogP contribution in [0.15, 0.2) is 109 Å². The van der Waals surface area contributed by atoms with E-state index in [1.54, 1.807) is 12.1 Å². The summed E-state index contributed by atoms with van der Waals surface area (Å²) >= 11 is 0. The summed E-state index contributed by atoms with van der Waals surface area (Å²) in [6.45, 7) is 0. The molecule has 130 valence electrons. The number of ether oxygens (including phenoxy) is 1. The average Bonchev–Trinajstić information content (AvgIpc) is 2.75. The van der Waals surface area contributed by atoms with Crippen molar-refractivity contribution in [1.29, 1.82) is 0 Å². The Bertz CT molecular complexity index is 1020. The molecule has 0 fully saturated rings. The minimum absolute atomic E-state index is 0.000808. The zero-order chi connectivity index (χ0) is 18.5. The molecule has 4 aromatic rings. The fourth-order valence-electron chi connectivity index (χ4n) is 2.91. The zero-order valence-corrected chi connectivity index (χ0v) is 14.7. The first-order valence-electron chi connectivity index (χ1n) is 8.83. The van der Waals surface area contributed by atoms with Crippen LogP contribution in [0.3, 0.4) is 0 Å². The zero-order valence-electron chi connectivity index (χ0n) is 14.7. The van der Waals surface area contributed by atoms with Crippen LogP contribution < -0.4 is 4.74 Å². The van der Waals surface area contributed by atoms with E-state index in [-0.39, 0.29) is 5.78 Å². The summed E-state index contributed by atoms with van der Waals surface area (Å²) in [5.41, 5.74) is 3.55. The Kier molecular flexibility index (Phi) is 4.80. The molecule has 0 bridgehead atoms. The largest absolute Gasteiger partial charge is 0.457 e. The molecule has 0 amide bonds. The molecule has 4 rings (SSSR count). The third-order valence-corrected chi connectivity index (χ3v) is 4.35. The lowest BCUT2D eigenvalue weighted by Crippen LogP contribution is -2.01. The van der Waals surface area contributed by atoms with E-state index in [2.05, 4.69) is 12.1 Å². The molecule has 2 nitrogen and oxygen atoms in total. The lowest BCUT2D eigenvalue weighted by atomic mass is 9.99. The number of hydrogen-bond donors (Lipinski definition) is 0. The summed E-state index contributed by atoms with van der Waals surface area (Å²) in [7, 11) is 0. The molecule has 2 heteroatoms. The van der Waals surface area contributed by atoms with Gasteiger partial charge < -0.3 is 4.74 Å². The van der Waals surface area contributed by atoms with Gasteiger partial charge in [-0.1, -0.05) is 72.8 Å². The maximum Gasteiger partial charge on any atom is 0.193 e. The van der Waals surface area contributed by atoms with E-state index in [9.17, 15) is 4.79 Å². The fraction of sp³-hybridized carbons (Fsp3) is 0. The lowest BCUT2D eigenvalue weighted by Gasteiger charge is -2.07. The van der Waals surface area contributed by atoms with Gasteiger partial charge >= 0.3 is 0 Å². The number of benzene rings is 4. The van der Waals surface area contributed by atoms with Crippen molar-refractivity contribution in [2.75, 3.05) is 0 Å². The highest BCUT2D eigenvalue weighted by molar-refractivity contribution is 6.09. The van der Waals surface area contributed by atoms with Crippen LogP contribution in [0, 0.1) is 0 Å². The summed E-state index contributed by atoms with van der Waals surface area (Å²) < 4.78 is 5.77. The van der Waals surface area contributed by atoms with Crippen LogP contribution in [-0.4, -0.2) is 5.78 Å². The summed E-state index contributed by atoms with van der Waals surface area (Å²) in [4.78, 5) is 12.7. The molecular weight excluding hydrogens is 332 g/mol. The highest BCUT2D eigenvalue weighted by atomic mass is 16.5. The number of para-hydroxylation sites is 1. The van der Waals surface area contributed by atoms with Gasteiger partial charge in [0.25, 0.3) is 0 Å². The Morgan fingerprint density at radius 2 is 0.926 bits per heavy atom. The van der Waals surface area contributed by atoms with Gasteiger partial charge in [0.2, 0.25) is 0 Å². The van der Waals surface area contributed by atoms with Crippen LogP contribution in [0.4, 0.5) is 0 Å². The minimum atomic E-state index is 0.000808. The van der Waals surface area contributed by atoms with Crippen LogP contribution in [-0.2, 0) is 0 Å². The van der Waals surface area contributed by atoms with Gasteiger partial charge in [0.05, 0.1) is 0 Å². The Hall–Kier alpha value is -3.65. The van der Waals surface area contributed by atoms with Crippen LogP contribution in [0.5, 0.6) is 11.5 Å². The van der Waals surface area contributed by atoms with E-state index in [1.165, 1.54) is 0 Å². The predicted octanol–water partition coefficient (Wildman–Crippen LogP) is 6.38. The second kappa shape index (κ2) is 7.71. The Labute approximate surface area is 158 Å². The minimum Gasteiger partial charge on any atom is -0.457 e. The molecule has 0 heterocycles. The highest BCUT2D eigenvalue weighted by Gasteiger charge is 2.09. The smallest absolute Gasteiger partial charge is 0.193 e. The van der Waals surface area contributed by atoms with Gasteiger partial charge in [-0.2, -0.15) is 0 Å². The van der Waals surface area contributed by atoms with E-state index < -0.39 is 0 Å². The Morgan fingerprint density at radius 1 is 0.481 bits per heavy atom. The van der Waals surface area contributed by atoms with Crippen LogP contribution in [0.2, 0.25) is 0 Å². The number of rotatable bonds is 5. The fourth-order valence-corrected chi connectivity index (χ4v) is 2.91. The second-order valence-electron chi connectivity index (χ2n) is 6.21. The molecule has 0 saturated carbocycles. The van der Waals surface area contributed by atoms with Crippen molar-refractivity contribution in [3.05, 3.63) is 120 Å². The standard InChI is InChI=1S/C25H18O2/c26-25(21-13-11-20(12-14-21)19-7-3-1-4-8-19)22-15-17-24(18-16-22)27-23-9-5-2-6-10-23/h1-18H. The first-order chi connectivity index (χ1) is 13.3. The summed E-state index contributed by atoms with van der Waals surface area (Å²) in [6.07, 6.45) is 0. The molecule has 0 radical (unpaired) electrons. The van der Waals surface area contributed by atoms with Crippen molar-refractivity contribution in [3.8, 4) is 22.6 Å². The van der Waals surface area contributed by atoms with Gasteiger partial charge in [-0.15, -0.1) is 0 Å². The van der Waals surface area contributed by atoms with E-state index in [4.69, 9.17) is 4.74 Å². The second-order valence-corrected chi connectivity index (χ2v) is 6.21. The molecule has 0 unspecified atom stereocenters. The van der Waals surface area contributed by atoms with Gasteiger partial charge in [0.15, 0.2) is 5.78 Å². The first kappa shape index (κ1) is 16.8. The van der Waals surface area contributed by atoms with E-state index in [0.717, 1.165) is 16.9 Å². The SMILES string of the molecule is O=C(c1ccc(Oc2ccccc2)cc1)c1ccc(-c2ccccc2)cc1. The monoisotopic (exact) mass is 350 g/mol. The van der Waals surface area contributed by atoms with E-state index in [1.807, 2.05) is 84.9 Å². The van der Waals surface area contributed by atoms with Crippen LogP contribution in [0.1, 0.15) is 15.9 Å². The van der Waals surface area contributed by atoms with Crippen LogP contribution in [0.25, 0.3) is 11.1 Å². The summed E-state index contributed by atoms with van der Waals surface area (Å²) in [6, 6.07) is 34.6. The van der Waals surface area contributed by atoms with Gasteiger partial charge in [-0.05, 0) is 47.5 Å². The maximum absolute atomic E-state index is 12.7. The summed E-state index contributed by atoms with van der Waals surface area (Å²) in [5.74, 6) is 1.48. The lowest BCUT2D eigenvalue weighted by molar-refractivity contribution is 0.103. The van der Waals surface area contributed by atoms with Gasteiger partial charge in [-0.3, -0.25) is 4.79 Å². The molecule has 0 saturated heterocycles. The average molecular weight is 350 g/mol. The molecule has 0 aliphatic carbocycles. The quantitative estimate of drug-likeness (QED) is 0.391. The molecule has 0 aromatic heterocycles. The predicted molar refractivity (Wildman–Crippen MR) is 108 cm³/mol. The van der Waals surface area contributed by atoms with Crippen molar-refractivity contribution in [1.82, 2.24) is 0 Å². The Balaban J connectivity index is 1.49. The number of ketones is 1. The van der Waals surface area contributed by atoms with Crippen molar-refractivity contribution >= 4 is 5.78 Å². The molecule has 0 spiro atoms. The van der Waals surface area contributed by atoms with E-state index >= 15 is 0 Å². The topological polar surface area (TPSA) is 26.3 Å². The highest BCUT2D eigenvalue weighted by Crippen LogP contribution is 2.23. The normalized spacial score (nSPS) is 10.4. The van der Waals surface area contributed by atoms with Gasteiger partial charge in [0, 0.05) is 11.1 Å². The molecule has 27 heavy (non-hydrogen) atoms. The molecule has 0 aliphatic heterocycles. The molecule has 4 aromatic carbocycles. The summed E-state index contributed by atoms with van der Waals surface area (Å²) in [5, 5.41) is 0. The van der Waals surface area contributed by atoms with Gasteiger partial charge in [0.1, 0.15) is 11.5 Å². The third-order valence-electron chi connectivity index (χ3n) is 4.35. The molecule has 0 N–H and O–H groups in total. The molecule has 0 aliphatic rings. The van der Waals surface area contributed by atoms with E-state index in [0.29, 0.717) is 16.9 Å². The first-order valence-corrected chi connectivity index (χ1v) is 8.83. The molecule has 0 atom stereocenters. The van der Waals surface area contributed by atoms with Gasteiger partial charge in [-0.25, -0.2) is 0 Å².